The maximum atomic E-state index is 12.6. The highest BCUT2D eigenvalue weighted by molar-refractivity contribution is 6.00. The normalized spacial score (nSPS) is 13.7. The van der Waals surface area contributed by atoms with Gasteiger partial charge in [0.1, 0.15) is 29.1 Å². The summed E-state index contributed by atoms with van der Waals surface area (Å²) in [4.78, 5) is 37.0. The van der Waals surface area contributed by atoms with Crippen molar-refractivity contribution in [3.05, 3.63) is 72.1 Å². The SMILES string of the molecule is COc1ccc(Oc2ccc(CNC(=O)C3(NC(=O)c4cncnc4)CC3)nc2)c(C)c1. The number of carbonyl (C=O) groups excluding carboxylic acids is 2. The van der Waals surface area contributed by atoms with Crippen molar-refractivity contribution < 1.29 is 19.1 Å². The van der Waals surface area contributed by atoms with Gasteiger partial charge in [-0.1, -0.05) is 0 Å². The molecule has 0 bridgehead atoms. The number of benzene rings is 1. The third-order valence-electron chi connectivity index (χ3n) is 5.20. The highest BCUT2D eigenvalue weighted by atomic mass is 16.5. The summed E-state index contributed by atoms with van der Waals surface area (Å²) in [6.45, 7) is 2.18. The zero-order valence-electron chi connectivity index (χ0n) is 17.8. The molecule has 2 N–H and O–H groups in total. The van der Waals surface area contributed by atoms with Crippen LogP contribution in [0.1, 0.15) is 34.5 Å². The first-order valence-corrected chi connectivity index (χ1v) is 10.1. The van der Waals surface area contributed by atoms with E-state index in [1.54, 1.807) is 25.4 Å². The first-order chi connectivity index (χ1) is 15.5. The molecule has 2 aromatic heterocycles. The van der Waals surface area contributed by atoms with Crippen molar-refractivity contribution in [1.82, 2.24) is 25.6 Å². The predicted octanol–water partition coefficient (Wildman–Crippen LogP) is 2.56. The fourth-order valence-corrected chi connectivity index (χ4v) is 3.15. The zero-order chi connectivity index (χ0) is 22.6. The van der Waals surface area contributed by atoms with E-state index in [9.17, 15) is 9.59 Å². The molecule has 32 heavy (non-hydrogen) atoms. The van der Waals surface area contributed by atoms with Gasteiger partial charge < -0.3 is 20.1 Å². The summed E-state index contributed by atoms with van der Waals surface area (Å²) >= 11 is 0. The van der Waals surface area contributed by atoms with Crippen LogP contribution < -0.4 is 20.1 Å². The van der Waals surface area contributed by atoms with Crippen molar-refractivity contribution in [2.24, 2.45) is 0 Å². The Morgan fingerprint density at radius 1 is 1.06 bits per heavy atom. The van der Waals surface area contributed by atoms with Gasteiger partial charge in [-0.15, -0.1) is 0 Å². The number of aryl methyl sites for hydroxylation is 1. The van der Waals surface area contributed by atoms with Gasteiger partial charge in [0.15, 0.2) is 0 Å². The molecule has 1 fully saturated rings. The topological polar surface area (TPSA) is 115 Å². The van der Waals surface area contributed by atoms with E-state index in [-0.39, 0.29) is 18.4 Å². The lowest BCUT2D eigenvalue weighted by Crippen LogP contribution is -2.48. The smallest absolute Gasteiger partial charge is 0.255 e. The molecular formula is C23H23N5O4. The van der Waals surface area contributed by atoms with Gasteiger partial charge in [0.25, 0.3) is 5.91 Å². The highest BCUT2D eigenvalue weighted by Gasteiger charge is 2.51. The molecule has 0 aliphatic heterocycles. The van der Waals surface area contributed by atoms with Crippen molar-refractivity contribution in [2.75, 3.05) is 7.11 Å². The Morgan fingerprint density at radius 2 is 1.81 bits per heavy atom. The molecule has 0 unspecified atom stereocenters. The van der Waals surface area contributed by atoms with Crippen LogP contribution in [0.2, 0.25) is 0 Å². The largest absolute Gasteiger partial charge is 0.497 e. The number of hydrogen-bond acceptors (Lipinski definition) is 7. The quantitative estimate of drug-likeness (QED) is 0.561. The number of pyridine rings is 1. The summed E-state index contributed by atoms with van der Waals surface area (Å²) in [5, 5.41) is 5.64. The second-order valence-corrected chi connectivity index (χ2v) is 7.56. The average molecular weight is 433 g/mol. The minimum Gasteiger partial charge on any atom is -0.497 e. The standard InChI is InChI=1S/C23H23N5O4/c1-15-9-18(31-2)5-6-20(15)32-19-4-3-17(26-13-19)12-27-22(30)23(7-8-23)28-21(29)16-10-24-14-25-11-16/h3-6,9-11,13-14H,7-8,12H2,1-2H3,(H,27,30)(H,28,29). The molecule has 1 aliphatic rings. The van der Waals surface area contributed by atoms with Crippen LogP contribution in [-0.2, 0) is 11.3 Å². The van der Waals surface area contributed by atoms with E-state index in [1.807, 2.05) is 25.1 Å². The Bertz CT molecular complexity index is 1110. The van der Waals surface area contributed by atoms with Crippen LogP contribution in [-0.4, -0.2) is 39.4 Å². The Morgan fingerprint density at radius 3 is 2.44 bits per heavy atom. The fourth-order valence-electron chi connectivity index (χ4n) is 3.15. The molecule has 0 atom stereocenters. The van der Waals surface area contributed by atoms with Crippen LogP contribution in [0.4, 0.5) is 0 Å². The second-order valence-electron chi connectivity index (χ2n) is 7.56. The van der Waals surface area contributed by atoms with Gasteiger partial charge in [-0.2, -0.15) is 0 Å². The molecule has 0 spiro atoms. The van der Waals surface area contributed by atoms with Crippen molar-refractivity contribution >= 4 is 11.8 Å². The van der Waals surface area contributed by atoms with E-state index in [1.165, 1.54) is 18.7 Å². The van der Waals surface area contributed by atoms with Gasteiger partial charge in [0.2, 0.25) is 5.91 Å². The third kappa shape index (κ3) is 4.83. The first kappa shape index (κ1) is 21.2. The Kier molecular flexibility index (Phi) is 5.98. The van der Waals surface area contributed by atoms with E-state index in [0.717, 1.165) is 11.3 Å². The summed E-state index contributed by atoms with van der Waals surface area (Å²) in [5.41, 5.74) is 1.05. The number of amides is 2. The molecule has 3 aromatic rings. The van der Waals surface area contributed by atoms with E-state index in [0.29, 0.717) is 35.6 Å². The minimum absolute atomic E-state index is 0.237. The number of aromatic nitrogens is 3. The molecule has 164 valence electrons. The van der Waals surface area contributed by atoms with Crippen molar-refractivity contribution in [2.45, 2.75) is 31.8 Å². The number of nitrogens with zero attached hydrogens (tertiary/aromatic N) is 3. The summed E-state index contributed by atoms with van der Waals surface area (Å²) in [6.07, 6.45) is 6.95. The lowest BCUT2D eigenvalue weighted by Gasteiger charge is -2.17. The number of nitrogens with one attached hydrogen (secondary N) is 2. The maximum absolute atomic E-state index is 12.6. The molecule has 9 nitrogen and oxygen atoms in total. The average Bonchev–Trinajstić information content (AvgIpc) is 3.61. The van der Waals surface area contributed by atoms with Gasteiger partial charge in [-0.25, -0.2) is 9.97 Å². The first-order valence-electron chi connectivity index (χ1n) is 10.1. The maximum Gasteiger partial charge on any atom is 0.255 e. The van der Waals surface area contributed by atoms with Gasteiger partial charge in [0.05, 0.1) is 31.1 Å². The van der Waals surface area contributed by atoms with E-state index in [2.05, 4.69) is 25.6 Å². The van der Waals surface area contributed by atoms with Crippen LogP contribution in [0.15, 0.2) is 55.2 Å². The number of methoxy groups -OCH3 is 1. The molecule has 2 heterocycles. The number of carbonyl (C=O) groups is 2. The molecule has 4 rings (SSSR count). The van der Waals surface area contributed by atoms with Crippen LogP contribution >= 0.6 is 0 Å². The molecule has 0 saturated heterocycles. The van der Waals surface area contributed by atoms with Crippen LogP contribution in [0.5, 0.6) is 17.2 Å². The van der Waals surface area contributed by atoms with Gasteiger partial charge in [-0.3, -0.25) is 14.6 Å². The second kappa shape index (κ2) is 9.01. The third-order valence-corrected chi connectivity index (χ3v) is 5.20. The monoisotopic (exact) mass is 433 g/mol. The molecule has 9 heteroatoms. The Hall–Kier alpha value is -4.01. The van der Waals surface area contributed by atoms with Gasteiger partial charge in [-0.05, 0) is 55.7 Å². The molecule has 1 aliphatic carbocycles. The fraction of sp³-hybridized carbons (Fsp3) is 0.261. The van der Waals surface area contributed by atoms with Gasteiger partial charge in [0, 0.05) is 12.4 Å². The van der Waals surface area contributed by atoms with Crippen molar-refractivity contribution in [1.29, 1.82) is 0 Å². The summed E-state index contributed by atoms with van der Waals surface area (Å²) in [6, 6.07) is 9.14. The number of hydrogen-bond donors (Lipinski definition) is 2. The minimum atomic E-state index is -0.887. The molecule has 1 aromatic carbocycles. The van der Waals surface area contributed by atoms with E-state index < -0.39 is 5.54 Å². The van der Waals surface area contributed by atoms with Crippen LogP contribution in [0, 0.1) is 6.92 Å². The predicted molar refractivity (Wildman–Crippen MR) is 115 cm³/mol. The summed E-state index contributed by atoms with van der Waals surface area (Å²) in [7, 11) is 1.62. The Balaban J connectivity index is 1.31. The van der Waals surface area contributed by atoms with Crippen LogP contribution in [0.3, 0.4) is 0 Å². The lowest BCUT2D eigenvalue weighted by molar-refractivity contribution is -0.124. The lowest BCUT2D eigenvalue weighted by atomic mass is 10.2. The molecule has 1 saturated carbocycles. The number of ether oxygens (including phenoxy) is 2. The highest BCUT2D eigenvalue weighted by Crippen LogP contribution is 2.36. The molecule has 2 amide bonds. The molecular weight excluding hydrogens is 410 g/mol. The van der Waals surface area contributed by atoms with Crippen LogP contribution in [0.25, 0.3) is 0 Å². The van der Waals surface area contributed by atoms with Crippen molar-refractivity contribution in [3.63, 3.8) is 0 Å². The summed E-state index contributed by atoms with van der Waals surface area (Å²) < 4.78 is 11.1. The van der Waals surface area contributed by atoms with Gasteiger partial charge >= 0.3 is 0 Å². The van der Waals surface area contributed by atoms with E-state index in [4.69, 9.17) is 9.47 Å². The summed E-state index contributed by atoms with van der Waals surface area (Å²) in [5.74, 6) is 1.46. The van der Waals surface area contributed by atoms with E-state index >= 15 is 0 Å². The van der Waals surface area contributed by atoms with Crippen molar-refractivity contribution in [3.8, 4) is 17.2 Å². The molecule has 0 radical (unpaired) electrons. The number of rotatable bonds is 8. The zero-order valence-corrected chi connectivity index (χ0v) is 17.8. The Labute approximate surface area is 185 Å².